The standard InChI is InChI=1S/C17H14O2/c1-2-16(18)19-11-12-9-14-7-3-5-13-6-4-8-15(10-12)17(13)14/h2-10,17H,1,11H2. The highest BCUT2D eigenvalue weighted by Crippen LogP contribution is 2.39. The van der Waals surface area contributed by atoms with Crippen molar-refractivity contribution in [3.8, 4) is 0 Å². The molecular formula is C17H14O2. The lowest BCUT2D eigenvalue weighted by Crippen LogP contribution is -2.17. The predicted octanol–water partition coefficient (Wildman–Crippen LogP) is 3.19. The highest BCUT2D eigenvalue weighted by atomic mass is 16.5. The summed E-state index contributed by atoms with van der Waals surface area (Å²) in [5, 5.41) is 0. The maximum Gasteiger partial charge on any atom is 0.330 e. The molecule has 94 valence electrons. The van der Waals surface area contributed by atoms with E-state index >= 15 is 0 Å². The highest BCUT2D eigenvalue weighted by molar-refractivity contribution is 5.81. The maximum absolute atomic E-state index is 11.1. The Morgan fingerprint density at radius 2 is 1.89 bits per heavy atom. The molecule has 0 heterocycles. The van der Waals surface area contributed by atoms with Gasteiger partial charge in [-0.25, -0.2) is 4.79 Å². The summed E-state index contributed by atoms with van der Waals surface area (Å²) >= 11 is 0. The summed E-state index contributed by atoms with van der Waals surface area (Å²) in [5.41, 5.74) is 4.82. The normalized spacial score (nSPS) is 22.6. The fourth-order valence-corrected chi connectivity index (χ4v) is 2.59. The molecule has 3 rings (SSSR count). The predicted molar refractivity (Wildman–Crippen MR) is 75.3 cm³/mol. The van der Waals surface area contributed by atoms with Gasteiger partial charge in [0.15, 0.2) is 0 Å². The first-order valence-corrected chi connectivity index (χ1v) is 6.26. The fourth-order valence-electron chi connectivity index (χ4n) is 2.59. The number of esters is 1. The largest absolute Gasteiger partial charge is 0.458 e. The van der Waals surface area contributed by atoms with Crippen molar-refractivity contribution in [2.45, 2.75) is 0 Å². The van der Waals surface area contributed by atoms with Gasteiger partial charge in [-0.1, -0.05) is 55.2 Å². The molecule has 0 bridgehead atoms. The van der Waals surface area contributed by atoms with E-state index in [2.05, 4.69) is 55.2 Å². The summed E-state index contributed by atoms with van der Waals surface area (Å²) in [7, 11) is 0. The van der Waals surface area contributed by atoms with Crippen LogP contribution in [0.25, 0.3) is 0 Å². The van der Waals surface area contributed by atoms with Crippen LogP contribution in [0.15, 0.2) is 83.6 Å². The Kier molecular flexibility index (Phi) is 2.92. The van der Waals surface area contributed by atoms with Crippen molar-refractivity contribution in [3.05, 3.63) is 83.6 Å². The summed E-state index contributed by atoms with van der Waals surface area (Å²) in [4.78, 5) is 11.1. The van der Waals surface area contributed by atoms with Crippen molar-refractivity contribution in [2.24, 2.45) is 5.92 Å². The molecule has 1 atom stereocenters. The van der Waals surface area contributed by atoms with E-state index < -0.39 is 5.97 Å². The van der Waals surface area contributed by atoms with Crippen LogP contribution in [0.1, 0.15) is 0 Å². The van der Waals surface area contributed by atoms with Gasteiger partial charge in [0, 0.05) is 12.0 Å². The van der Waals surface area contributed by atoms with E-state index in [0.29, 0.717) is 5.92 Å². The molecule has 0 aliphatic heterocycles. The van der Waals surface area contributed by atoms with E-state index in [9.17, 15) is 4.79 Å². The van der Waals surface area contributed by atoms with Gasteiger partial charge in [-0.05, 0) is 22.3 Å². The molecule has 2 heteroatoms. The average Bonchev–Trinajstić information content (AvgIpc) is 2.45. The van der Waals surface area contributed by atoms with Crippen LogP contribution in [0.5, 0.6) is 0 Å². The molecule has 2 nitrogen and oxygen atoms in total. The van der Waals surface area contributed by atoms with Crippen molar-refractivity contribution >= 4 is 5.97 Å². The molecule has 0 saturated heterocycles. The third-order valence-electron chi connectivity index (χ3n) is 3.41. The summed E-state index contributed by atoms with van der Waals surface area (Å²) in [6.45, 7) is 3.68. The summed E-state index contributed by atoms with van der Waals surface area (Å²) in [6, 6.07) is 0. The van der Waals surface area contributed by atoms with Gasteiger partial charge < -0.3 is 4.74 Å². The molecule has 0 amide bonds. The zero-order valence-electron chi connectivity index (χ0n) is 10.5. The Balaban J connectivity index is 1.87. The zero-order chi connectivity index (χ0) is 13.2. The Morgan fingerprint density at radius 3 is 2.68 bits per heavy atom. The molecule has 3 aliphatic carbocycles. The van der Waals surface area contributed by atoms with Crippen LogP contribution in [0.2, 0.25) is 0 Å². The molecule has 0 fully saturated rings. The van der Waals surface area contributed by atoms with Crippen LogP contribution in [0.4, 0.5) is 0 Å². The van der Waals surface area contributed by atoms with Gasteiger partial charge in [0.2, 0.25) is 0 Å². The third-order valence-corrected chi connectivity index (χ3v) is 3.41. The topological polar surface area (TPSA) is 26.3 Å². The fraction of sp³-hybridized carbons (Fsp3) is 0.118. The first-order valence-electron chi connectivity index (χ1n) is 6.26. The second kappa shape index (κ2) is 4.73. The Hall–Kier alpha value is -2.35. The number of rotatable bonds is 3. The maximum atomic E-state index is 11.1. The minimum Gasteiger partial charge on any atom is -0.458 e. The van der Waals surface area contributed by atoms with Gasteiger partial charge in [0.05, 0.1) is 0 Å². The molecule has 19 heavy (non-hydrogen) atoms. The van der Waals surface area contributed by atoms with Gasteiger partial charge in [0.25, 0.3) is 0 Å². The first-order chi connectivity index (χ1) is 9.28. The van der Waals surface area contributed by atoms with E-state index in [1.807, 2.05) is 0 Å². The zero-order valence-corrected chi connectivity index (χ0v) is 10.5. The van der Waals surface area contributed by atoms with E-state index in [-0.39, 0.29) is 6.61 Å². The lowest BCUT2D eigenvalue weighted by atomic mass is 9.75. The lowest BCUT2D eigenvalue weighted by molar-refractivity contribution is -0.136. The van der Waals surface area contributed by atoms with Crippen LogP contribution in [0.3, 0.4) is 0 Å². The van der Waals surface area contributed by atoms with Crippen molar-refractivity contribution in [1.29, 1.82) is 0 Å². The number of carbonyl (C=O) groups excluding carboxylic acids is 1. The van der Waals surface area contributed by atoms with Crippen molar-refractivity contribution < 1.29 is 9.53 Å². The van der Waals surface area contributed by atoms with E-state index in [1.165, 1.54) is 22.8 Å². The summed E-state index contributed by atoms with van der Waals surface area (Å²) in [5.74, 6) is -0.0485. The van der Waals surface area contributed by atoms with Crippen molar-refractivity contribution in [3.63, 3.8) is 0 Å². The van der Waals surface area contributed by atoms with Gasteiger partial charge >= 0.3 is 5.97 Å². The Morgan fingerprint density at radius 1 is 1.16 bits per heavy atom. The van der Waals surface area contributed by atoms with Gasteiger partial charge in [-0.3, -0.25) is 0 Å². The van der Waals surface area contributed by atoms with Crippen LogP contribution in [-0.4, -0.2) is 12.6 Å². The lowest BCUT2D eigenvalue weighted by Gasteiger charge is -2.29. The van der Waals surface area contributed by atoms with Crippen LogP contribution >= 0.6 is 0 Å². The van der Waals surface area contributed by atoms with Crippen molar-refractivity contribution in [1.82, 2.24) is 0 Å². The molecule has 0 radical (unpaired) electrons. The minimum atomic E-state index is -0.390. The number of carbonyl (C=O) groups is 1. The molecule has 0 aromatic carbocycles. The second-order valence-electron chi connectivity index (χ2n) is 4.66. The van der Waals surface area contributed by atoms with E-state index in [0.717, 1.165) is 5.57 Å². The third kappa shape index (κ3) is 2.17. The average molecular weight is 250 g/mol. The highest BCUT2D eigenvalue weighted by Gasteiger charge is 2.26. The first kappa shape index (κ1) is 11.7. The molecule has 0 N–H and O–H groups in total. The number of ether oxygens (including phenoxy) is 1. The minimum absolute atomic E-state index is 0.287. The molecule has 0 spiro atoms. The molecule has 3 aliphatic rings. The number of allylic oxidation sites excluding steroid dienone is 10. The van der Waals surface area contributed by atoms with Gasteiger partial charge in [-0.15, -0.1) is 0 Å². The van der Waals surface area contributed by atoms with Crippen LogP contribution in [-0.2, 0) is 9.53 Å². The number of hydrogen-bond acceptors (Lipinski definition) is 2. The molecular weight excluding hydrogens is 236 g/mol. The SMILES string of the molecule is C=CC(=O)OCC1=CC2=CC=CC3=CC=CC(=C1)C32. The Labute approximate surface area is 112 Å². The molecule has 0 aromatic heterocycles. The van der Waals surface area contributed by atoms with E-state index in [4.69, 9.17) is 4.74 Å². The van der Waals surface area contributed by atoms with Crippen LogP contribution in [0, 0.1) is 5.92 Å². The Bertz CT molecular complexity index is 620. The molecule has 0 saturated carbocycles. The monoisotopic (exact) mass is 250 g/mol. The molecule has 0 aromatic rings. The van der Waals surface area contributed by atoms with E-state index in [1.54, 1.807) is 0 Å². The smallest absolute Gasteiger partial charge is 0.330 e. The van der Waals surface area contributed by atoms with Crippen molar-refractivity contribution in [2.75, 3.05) is 6.61 Å². The molecule has 1 unspecified atom stereocenters. The number of hydrogen-bond donors (Lipinski definition) is 0. The van der Waals surface area contributed by atoms with Crippen LogP contribution < -0.4 is 0 Å². The summed E-state index contributed by atoms with van der Waals surface area (Å²) < 4.78 is 5.09. The quantitative estimate of drug-likeness (QED) is 0.568. The van der Waals surface area contributed by atoms with Gasteiger partial charge in [0.1, 0.15) is 6.61 Å². The second-order valence-corrected chi connectivity index (χ2v) is 4.66. The van der Waals surface area contributed by atoms with Gasteiger partial charge in [-0.2, -0.15) is 0 Å². The summed E-state index contributed by atoms with van der Waals surface area (Å²) in [6.07, 6.45) is 18.0.